The molecule has 8 nitrogen and oxygen atoms in total. The Balaban J connectivity index is 2.83. The van der Waals surface area contributed by atoms with Crippen LogP contribution in [0.3, 0.4) is 0 Å². The third-order valence-corrected chi connectivity index (χ3v) is 2.96. The first-order chi connectivity index (χ1) is 9.40. The summed E-state index contributed by atoms with van der Waals surface area (Å²) in [5.74, 6) is 0.236. The average molecular weight is 281 g/mol. The van der Waals surface area contributed by atoms with Crippen LogP contribution in [0, 0.1) is 10.1 Å². The zero-order valence-electron chi connectivity index (χ0n) is 11.9. The number of rotatable bonds is 6. The van der Waals surface area contributed by atoms with E-state index in [1.165, 1.54) is 12.1 Å². The van der Waals surface area contributed by atoms with Crippen LogP contribution in [0.15, 0.2) is 12.1 Å². The summed E-state index contributed by atoms with van der Waals surface area (Å²) in [4.78, 5) is 29.3. The molecule has 0 unspecified atom stereocenters. The highest BCUT2D eigenvalue weighted by Gasteiger charge is 2.17. The third-order valence-electron chi connectivity index (χ3n) is 2.96. The molecule has 0 radical (unpaired) electrons. The lowest BCUT2D eigenvalue weighted by molar-refractivity contribution is -0.384. The Hall–Kier alpha value is -2.38. The number of carbonyl (C=O) groups excluding carboxylic acids is 1. The molecule has 8 heteroatoms. The van der Waals surface area contributed by atoms with E-state index < -0.39 is 4.92 Å². The zero-order valence-corrected chi connectivity index (χ0v) is 11.9. The molecule has 0 spiro atoms. The summed E-state index contributed by atoms with van der Waals surface area (Å²) in [6.07, 6.45) is 0. The molecule has 0 aliphatic rings. The van der Waals surface area contributed by atoms with Crippen LogP contribution in [-0.2, 0) is 4.79 Å². The lowest BCUT2D eigenvalue weighted by Crippen LogP contribution is -2.39. The van der Waals surface area contributed by atoms with Crippen LogP contribution in [0.1, 0.15) is 13.8 Å². The molecule has 0 aliphatic heterocycles. The summed E-state index contributed by atoms with van der Waals surface area (Å²) in [6, 6.07) is 2.76. The van der Waals surface area contributed by atoms with Crippen LogP contribution in [0.5, 0.6) is 0 Å². The summed E-state index contributed by atoms with van der Waals surface area (Å²) in [6.45, 7) is 5.23. The molecular weight excluding hydrogens is 262 g/mol. The largest absolute Gasteiger partial charge is 0.378 e. The second kappa shape index (κ2) is 6.69. The van der Waals surface area contributed by atoms with Gasteiger partial charge in [0.25, 0.3) is 0 Å². The van der Waals surface area contributed by atoms with Gasteiger partial charge in [-0.1, -0.05) is 0 Å². The number of nitrogen functional groups attached to an aromatic ring is 1. The number of likely N-dealkylation sites (N-methyl/N-ethyl adjacent to an activating group) is 2. The molecule has 2 N–H and O–H groups in total. The minimum Gasteiger partial charge on any atom is -0.378 e. The molecule has 0 saturated heterocycles. The monoisotopic (exact) mass is 281 g/mol. The Morgan fingerprint density at radius 1 is 1.40 bits per heavy atom. The van der Waals surface area contributed by atoms with Crippen LogP contribution < -0.4 is 10.6 Å². The maximum absolute atomic E-state index is 12.0. The van der Waals surface area contributed by atoms with Gasteiger partial charge >= 0.3 is 5.69 Å². The lowest BCUT2D eigenvalue weighted by Gasteiger charge is -2.23. The fourth-order valence-corrected chi connectivity index (χ4v) is 1.78. The molecular formula is C12H19N5O3. The van der Waals surface area contributed by atoms with E-state index in [0.29, 0.717) is 18.9 Å². The molecule has 1 aromatic heterocycles. The van der Waals surface area contributed by atoms with Gasteiger partial charge in [-0.3, -0.25) is 14.9 Å². The molecule has 0 atom stereocenters. The number of nitrogens with zero attached hydrogens (tertiary/aromatic N) is 4. The summed E-state index contributed by atoms with van der Waals surface area (Å²) >= 11 is 0. The Bertz CT molecular complexity index is 502. The number of hydrogen-bond donors (Lipinski definition) is 1. The molecule has 0 fully saturated rings. The highest BCUT2D eigenvalue weighted by atomic mass is 16.6. The Labute approximate surface area is 117 Å². The van der Waals surface area contributed by atoms with E-state index in [2.05, 4.69) is 4.98 Å². The van der Waals surface area contributed by atoms with Gasteiger partial charge in [-0.2, -0.15) is 0 Å². The average Bonchev–Trinajstić information content (AvgIpc) is 2.39. The third kappa shape index (κ3) is 3.56. The number of aromatic nitrogens is 1. The smallest absolute Gasteiger partial charge is 0.311 e. The molecule has 0 aliphatic carbocycles. The molecule has 0 bridgehead atoms. The Morgan fingerprint density at radius 3 is 2.45 bits per heavy atom. The molecule has 0 aromatic carbocycles. The van der Waals surface area contributed by atoms with Crippen molar-refractivity contribution in [2.24, 2.45) is 0 Å². The number of amides is 1. The van der Waals surface area contributed by atoms with Gasteiger partial charge in [0.2, 0.25) is 11.7 Å². The summed E-state index contributed by atoms with van der Waals surface area (Å²) < 4.78 is 0. The van der Waals surface area contributed by atoms with Crippen LogP contribution in [0.25, 0.3) is 0 Å². The van der Waals surface area contributed by atoms with Gasteiger partial charge in [-0.25, -0.2) is 4.98 Å². The summed E-state index contributed by atoms with van der Waals surface area (Å²) in [7, 11) is 1.69. The quantitative estimate of drug-likeness (QED) is 0.612. The highest BCUT2D eigenvalue weighted by Crippen LogP contribution is 2.22. The predicted molar refractivity (Wildman–Crippen MR) is 76.5 cm³/mol. The Kier molecular flexibility index (Phi) is 5.24. The van der Waals surface area contributed by atoms with E-state index in [0.717, 1.165) is 0 Å². The van der Waals surface area contributed by atoms with Crippen molar-refractivity contribution in [1.82, 2.24) is 9.88 Å². The minimum atomic E-state index is -0.590. The fraction of sp³-hybridized carbons (Fsp3) is 0.500. The second-order valence-corrected chi connectivity index (χ2v) is 4.25. The predicted octanol–water partition coefficient (Wildman–Crippen LogP) is 0.877. The van der Waals surface area contributed by atoms with E-state index in [4.69, 9.17) is 5.73 Å². The van der Waals surface area contributed by atoms with Crippen LogP contribution in [0.4, 0.5) is 17.3 Å². The van der Waals surface area contributed by atoms with E-state index in [1.807, 2.05) is 13.8 Å². The van der Waals surface area contributed by atoms with Gasteiger partial charge < -0.3 is 15.5 Å². The van der Waals surface area contributed by atoms with Crippen molar-refractivity contribution in [3.63, 3.8) is 0 Å². The van der Waals surface area contributed by atoms with Gasteiger partial charge in [0.1, 0.15) is 5.82 Å². The van der Waals surface area contributed by atoms with Crippen molar-refractivity contribution in [2.45, 2.75) is 13.8 Å². The Morgan fingerprint density at radius 2 is 2.00 bits per heavy atom. The van der Waals surface area contributed by atoms with Gasteiger partial charge in [-0.05, 0) is 19.9 Å². The van der Waals surface area contributed by atoms with Gasteiger partial charge in [0, 0.05) is 26.2 Å². The fourth-order valence-electron chi connectivity index (χ4n) is 1.78. The van der Waals surface area contributed by atoms with Crippen LogP contribution in [0.2, 0.25) is 0 Å². The number of pyridine rings is 1. The standard InChI is InChI=1S/C12H19N5O3/c1-4-16(5-2)11(18)8-15(3)10-7-6-9(17(19)20)12(13)14-10/h6-7H,4-5,8H2,1-3H3,(H2,13,14). The molecule has 0 saturated carbocycles. The van der Waals surface area contributed by atoms with Crippen molar-refractivity contribution in [3.8, 4) is 0 Å². The topological polar surface area (TPSA) is 106 Å². The van der Waals surface area contributed by atoms with Crippen LogP contribution in [-0.4, -0.2) is 47.4 Å². The maximum Gasteiger partial charge on any atom is 0.311 e. The zero-order chi connectivity index (χ0) is 15.3. The summed E-state index contributed by atoms with van der Waals surface area (Å²) in [5, 5.41) is 10.7. The number of carbonyl (C=O) groups is 1. The van der Waals surface area contributed by atoms with Gasteiger partial charge in [0.05, 0.1) is 11.5 Å². The molecule has 1 heterocycles. The van der Waals surface area contributed by atoms with E-state index in [1.54, 1.807) is 16.8 Å². The number of anilines is 2. The number of nitro groups is 1. The maximum atomic E-state index is 12.0. The second-order valence-electron chi connectivity index (χ2n) is 4.25. The minimum absolute atomic E-state index is 0.0313. The first kappa shape index (κ1) is 15.7. The van der Waals surface area contributed by atoms with Crippen molar-refractivity contribution >= 4 is 23.2 Å². The van der Waals surface area contributed by atoms with E-state index >= 15 is 0 Å². The van der Waals surface area contributed by atoms with Crippen molar-refractivity contribution in [3.05, 3.63) is 22.2 Å². The molecule has 1 aromatic rings. The highest BCUT2D eigenvalue weighted by molar-refractivity contribution is 5.81. The van der Waals surface area contributed by atoms with Crippen molar-refractivity contribution < 1.29 is 9.72 Å². The van der Waals surface area contributed by atoms with Crippen molar-refractivity contribution in [2.75, 3.05) is 37.3 Å². The van der Waals surface area contributed by atoms with Crippen molar-refractivity contribution in [1.29, 1.82) is 0 Å². The summed E-state index contributed by atoms with van der Waals surface area (Å²) in [5.41, 5.74) is 5.29. The molecule has 1 rings (SSSR count). The lowest BCUT2D eigenvalue weighted by atomic mass is 10.3. The number of hydrogen-bond acceptors (Lipinski definition) is 6. The first-order valence-corrected chi connectivity index (χ1v) is 6.30. The first-order valence-electron chi connectivity index (χ1n) is 6.30. The van der Waals surface area contributed by atoms with Gasteiger partial charge in [-0.15, -0.1) is 0 Å². The normalized spacial score (nSPS) is 10.2. The molecule has 1 amide bonds. The van der Waals surface area contributed by atoms with E-state index in [9.17, 15) is 14.9 Å². The van der Waals surface area contributed by atoms with E-state index in [-0.39, 0.29) is 24.0 Å². The SMILES string of the molecule is CCN(CC)C(=O)CN(C)c1ccc([N+](=O)[O-])c(N)n1. The molecule has 110 valence electrons. The molecule has 20 heavy (non-hydrogen) atoms. The number of nitrogens with two attached hydrogens (primary N) is 1. The van der Waals surface area contributed by atoms with Gasteiger partial charge in [0.15, 0.2) is 0 Å². The van der Waals surface area contributed by atoms with Crippen LogP contribution >= 0.6 is 0 Å².